The van der Waals surface area contributed by atoms with E-state index in [2.05, 4.69) is 163 Å². The summed E-state index contributed by atoms with van der Waals surface area (Å²) in [5.74, 6) is -26.8. The van der Waals surface area contributed by atoms with Gasteiger partial charge in [0.2, 0.25) is 106 Å². The molecule has 0 aliphatic carbocycles. The largest absolute Gasteiger partial charge is 0.481 e. The molecule has 0 bridgehead atoms. The first kappa shape index (κ1) is 119. The number of aliphatic hydroxyl groups excluding tert-OH is 1. The summed E-state index contributed by atoms with van der Waals surface area (Å²) < 4.78 is 0. The first-order valence-electron chi connectivity index (χ1n) is 44.8. The number of hydrogen-bond donors (Lipinski definition) is 33. The number of aliphatic hydroxyl groups is 1. The van der Waals surface area contributed by atoms with Crippen molar-refractivity contribution in [2.45, 2.75) is 197 Å². The molecule has 778 valence electrons. The summed E-state index contributed by atoms with van der Waals surface area (Å²) in [6, 6.07) is -2.03. The van der Waals surface area contributed by atoms with Crippen LogP contribution in [0, 0.1) is 23.2 Å². The van der Waals surface area contributed by atoms with Gasteiger partial charge in [-0.05, 0) is 79.2 Å². The number of fused-ring (bicyclic) bond motifs is 2. The molecule has 142 heavy (non-hydrogen) atoms. The normalized spacial score (nSPS) is 14.5. The van der Waals surface area contributed by atoms with Crippen molar-refractivity contribution in [2.75, 3.05) is 61.6 Å². The fourth-order valence-electron chi connectivity index (χ4n) is 13.9. The van der Waals surface area contributed by atoms with Crippen molar-refractivity contribution < 1.29 is 121 Å². The van der Waals surface area contributed by atoms with Crippen LogP contribution in [0.25, 0.3) is 21.8 Å². The van der Waals surface area contributed by atoms with E-state index in [9.17, 15) is 116 Å². The third kappa shape index (κ3) is 39.6. The molecule has 0 aliphatic heterocycles. The van der Waals surface area contributed by atoms with Gasteiger partial charge in [0, 0.05) is 82.4 Å². The Morgan fingerprint density at radius 2 is 0.711 bits per heavy atom. The Bertz CT molecular complexity index is 5290. The number of carbonyl (C=O) groups is 21. The van der Waals surface area contributed by atoms with Crippen LogP contribution in [0.1, 0.15) is 97.3 Å². The number of carbonyl (C=O) groups excluding carboxylic acids is 18. The molecule has 5 aromatic rings. The van der Waals surface area contributed by atoms with E-state index in [1.165, 1.54) is 13.8 Å². The number of thiol groups is 5. The smallest absolute Gasteiger partial charge is 0.326 e. The molecule has 0 saturated heterocycles. The van der Waals surface area contributed by atoms with E-state index in [0.29, 0.717) is 22.0 Å². The van der Waals surface area contributed by atoms with Crippen molar-refractivity contribution in [3.05, 3.63) is 108 Å². The van der Waals surface area contributed by atoms with E-state index in [4.69, 9.17) is 22.0 Å². The van der Waals surface area contributed by atoms with Gasteiger partial charge in [-0.1, -0.05) is 108 Å². The number of carboxylic acid groups (broad SMARTS) is 3. The van der Waals surface area contributed by atoms with Gasteiger partial charge in [0.25, 0.3) is 0 Å². The molecule has 0 aliphatic rings. The van der Waals surface area contributed by atoms with E-state index in [-0.39, 0.29) is 68.2 Å². The second-order valence-corrected chi connectivity index (χ2v) is 35.7. The first-order valence-corrected chi connectivity index (χ1v) is 48.0. The molecule has 3 aromatic carbocycles. The lowest BCUT2D eigenvalue weighted by Gasteiger charge is -2.29. The lowest BCUT2D eigenvalue weighted by Crippen LogP contribution is -2.62. The number of para-hydroxylation sites is 2. The predicted molar refractivity (Wildman–Crippen MR) is 533 cm³/mol. The summed E-state index contributed by atoms with van der Waals surface area (Å²) in [6.07, 6.45) is 0.538. The molecule has 0 unspecified atom stereocenters. The maximum atomic E-state index is 14.7. The predicted octanol–water partition coefficient (Wildman–Crippen LogP) is -7.06. The van der Waals surface area contributed by atoms with Crippen LogP contribution in [0.3, 0.4) is 0 Å². The number of aromatic nitrogens is 2. The van der Waals surface area contributed by atoms with Crippen LogP contribution in [-0.2, 0) is 120 Å². The number of nitrogens with one attached hydrogen (secondary N) is 22. The van der Waals surface area contributed by atoms with Gasteiger partial charge in [-0.15, -0.1) is 0 Å². The van der Waals surface area contributed by atoms with Gasteiger partial charge in [0.15, 0.2) is 5.96 Å². The Morgan fingerprint density at radius 1 is 0.359 bits per heavy atom. The molecule has 0 radical (unpaired) electrons. The van der Waals surface area contributed by atoms with Gasteiger partial charge in [-0.25, -0.2) is 4.79 Å². The molecule has 49 nitrogen and oxygen atoms in total. The van der Waals surface area contributed by atoms with Crippen molar-refractivity contribution in [1.82, 2.24) is 111 Å². The molecule has 16 atom stereocenters. The van der Waals surface area contributed by atoms with Crippen molar-refractivity contribution in [3.8, 4) is 0 Å². The van der Waals surface area contributed by atoms with E-state index in [0.717, 1.165) is 23.4 Å². The molecule has 54 heteroatoms. The van der Waals surface area contributed by atoms with Gasteiger partial charge in [0.05, 0.1) is 45.1 Å². The Kier molecular flexibility index (Phi) is 50.3. The van der Waals surface area contributed by atoms with E-state index >= 15 is 0 Å². The number of nitrogens with two attached hydrogens (primary N) is 2. The number of hydrogen-bond acceptors (Lipinski definition) is 29. The maximum Gasteiger partial charge on any atom is 0.326 e. The van der Waals surface area contributed by atoms with Gasteiger partial charge >= 0.3 is 17.9 Å². The standard InChI is InChI=1S/C88H126N24O25S5/c1-41(2)24-54(99-66(115)33-97-76(125)61(37-139)108-83(132)63(39-141)109-82(131)62(38-140)106-73(122)50(89)26-46-30-93-51-20-13-11-18-48(46)51)77(126)102-55(25-45-16-9-8-10-17-45)78(127)100-53(22-15-23-92-88(90)91)74(123)95-34-67(116)111-70(42(3)4)85(134)110-64(40-142)84(133)112-71(43(5)6)86(135)103-56(27-47-31-94-52-21-14-12-19-49(47)52)79(128)105-59(35-113)81(130)107-60(36-138)75(124)96-32-65(114)98-44(7)72(121)101-57(28-68(117)118)80(129)104-58(87(136)137)29-69(119)120/h8-14,16-21,30-31,41-44,50,53-64,70-71,93-94,113,138-142H,15,22-29,32-40,89H2,1-7H3,(H,95,123)(H,96,124)(H,97,125)(H,98,114)(H,99,115)(H,100,127)(H,101,121)(H,102,126)(H,103,135)(H,104,129)(H,105,128)(H,106,122)(H,107,130)(H,108,132)(H,109,131)(H,110,134)(H,111,116)(H,112,133)(H,117,118)(H,119,120)(H,136,137)(H4,90,91,92)/t44-,50-,53-,54-,55-,56-,57-,58-,59-,60-,61-,62-,63-,64-,70-,71-/m0/s1. The third-order valence-corrected chi connectivity index (χ3v) is 23.4. The minimum absolute atomic E-state index is 0.0102. The monoisotopic (exact) mass is 2080 g/mol. The number of carboxylic acids is 3. The number of rotatable bonds is 61. The zero-order chi connectivity index (χ0) is 106. The molecule has 0 saturated carbocycles. The van der Waals surface area contributed by atoms with Crippen LogP contribution in [0.5, 0.6) is 0 Å². The summed E-state index contributed by atoms with van der Waals surface area (Å²) >= 11 is 21.1. The Morgan fingerprint density at radius 3 is 1.18 bits per heavy atom. The Labute approximate surface area is 843 Å². The first-order chi connectivity index (χ1) is 67.2. The minimum Gasteiger partial charge on any atom is -0.481 e. The molecule has 30 N–H and O–H groups in total. The molecule has 0 spiro atoms. The van der Waals surface area contributed by atoms with E-state index < -0.39 is 289 Å². The molecule has 2 heterocycles. The molecule has 2 aromatic heterocycles. The summed E-state index contributed by atoms with van der Waals surface area (Å²) in [7, 11) is 0. The highest BCUT2D eigenvalue weighted by atomic mass is 32.1. The van der Waals surface area contributed by atoms with Crippen LogP contribution in [0.4, 0.5) is 0 Å². The van der Waals surface area contributed by atoms with E-state index in [1.54, 1.807) is 94.7 Å². The molecular formula is C88H126N24O25S5. The zero-order valence-electron chi connectivity index (χ0n) is 78.6. The molecule has 0 fully saturated rings. The van der Waals surface area contributed by atoms with Gasteiger partial charge < -0.3 is 143 Å². The van der Waals surface area contributed by atoms with Crippen molar-refractivity contribution in [2.24, 2.45) is 29.2 Å². The van der Waals surface area contributed by atoms with Crippen LogP contribution in [0.15, 0.2) is 91.3 Å². The van der Waals surface area contributed by atoms with Crippen LogP contribution in [-0.4, -0.2) is 319 Å². The average Bonchev–Trinajstić information content (AvgIpc) is 1.68. The van der Waals surface area contributed by atoms with Crippen molar-refractivity contribution in [1.29, 1.82) is 5.41 Å². The highest BCUT2D eigenvalue weighted by molar-refractivity contribution is 7.81. The summed E-state index contributed by atoms with van der Waals surface area (Å²) in [4.78, 5) is 289. The summed E-state index contributed by atoms with van der Waals surface area (Å²) in [5.41, 5.74) is 15.0. The molecule has 5 rings (SSSR count). The average molecular weight is 2080 g/mol. The lowest BCUT2D eigenvalue weighted by molar-refractivity contribution is -0.148. The fourth-order valence-corrected chi connectivity index (χ4v) is 15.2. The number of amides is 18. The zero-order valence-corrected chi connectivity index (χ0v) is 83.1. The third-order valence-electron chi connectivity index (χ3n) is 21.5. The minimum atomic E-state index is -2.02. The van der Waals surface area contributed by atoms with Crippen LogP contribution >= 0.6 is 63.1 Å². The maximum absolute atomic E-state index is 14.7. The van der Waals surface area contributed by atoms with Gasteiger partial charge in [-0.2, -0.15) is 63.1 Å². The topological polar surface area (TPSA) is 775 Å². The quantitative estimate of drug-likeness (QED) is 0.00744. The van der Waals surface area contributed by atoms with E-state index in [1.807, 2.05) is 34.9 Å². The number of aliphatic carboxylic acids is 3. The Balaban J connectivity index is 1.22. The van der Waals surface area contributed by atoms with Crippen LogP contribution in [0.2, 0.25) is 0 Å². The van der Waals surface area contributed by atoms with Gasteiger partial charge in [-0.3, -0.25) is 101 Å². The number of benzene rings is 3. The molecule has 18 amide bonds. The van der Waals surface area contributed by atoms with Crippen LogP contribution < -0.4 is 112 Å². The summed E-state index contributed by atoms with van der Waals surface area (Å²) in [6.45, 7) is 7.11. The Hall–Kier alpha value is -13.4. The van der Waals surface area contributed by atoms with Crippen molar-refractivity contribution in [3.63, 3.8) is 0 Å². The number of guanidine groups is 1. The van der Waals surface area contributed by atoms with Crippen molar-refractivity contribution >= 4 is 215 Å². The van der Waals surface area contributed by atoms with Gasteiger partial charge in [0.1, 0.15) is 90.6 Å². The lowest BCUT2D eigenvalue weighted by atomic mass is 10.00. The SMILES string of the molecule is CC(C)C[C@H](NC(=O)CNC(=O)[C@H](CS)NC(=O)[C@H](CS)NC(=O)[C@H](CS)NC(=O)[C@@H](N)Cc1c[nH]c2ccccc12)C(=O)N[C@@H](Cc1ccccc1)C(=O)N[C@@H](CCCNC(=N)N)C(=O)NCC(=O)N[C@H](C(=O)N[C@@H](CS)C(=O)N[C@H](C(=O)N[C@@H](Cc1c[nH]c2ccccc12)C(=O)N[C@@H](CO)C(=O)N[C@@H](CS)C(=O)NCC(=O)N[C@@H](C)C(=O)N[C@@H](CC(=O)O)C(=O)N[C@@H](CC(=O)O)C(=O)O)C(C)C)C(C)C. The second-order valence-electron chi connectivity index (χ2n) is 33.9. The number of H-pyrrole nitrogens is 2. The fraction of sp³-hybridized carbons (Fsp3) is 0.500. The second kappa shape index (κ2) is 60.0. The molecular weight excluding hydrogens is 1950 g/mol. The number of aromatic amines is 2. The highest BCUT2D eigenvalue weighted by Gasteiger charge is 2.40. The highest BCUT2D eigenvalue weighted by Crippen LogP contribution is 2.22. The summed E-state index contributed by atoms with van der Waals surface area (Å²) in [5, 5.41) is 93.3.